The predicted molar refractivity (Wildman–Crippen MR) is 233 cm³/mol. The largest absolute Gasteiger partial charge is 1.00 e. The van der Waals surface area contributed by atoms with Crippen molar-refractivity contribution in [1.82, 2.24) is 15.0 Å². The number of diazo groups is 1. The van der Waals surface area contributed by atoms with Gasteiger partial charge in [0.25, 0.3) is 0 Å². The van der Waals surface area contributed by atoms with Crippen LogP contribution in [0.5, 0.6) is 23.0 Å². The van der Waals surface area contributed by atoms with Crippen molar-refractivity contribution in [1.29, 1.82) is 5.39 Å². The minimum absolute atomic E-state index is 0. The number of hydrogen-bond donors (Lipinski definition) is 5. The Morgan fingerprint density at radius 2 is 0.983 bits per heavy atom. The monoisotopic (exact) mass is 810 g/mol. The summed E-state index contributed by atoms with van der Waals surface area (Å²) in [5.41, 5.74) is 10.2. The predicted octanol–water partition coefficient (Wildman–Crippen LogP) is 9.01. The second-order valence-corrected chi connectivity index (χ2v) is 12.9. The van der Waals surface area contributed by atoms with Crippen LogP contribution in [-0.2, 0) is 0 Å². The van der Waals surface area contributed by atoms with E-state index in [1.807, 2.05) is 121 Å². The van der Waals surface area contributed by atoms with E-state index in [1.54, 1.807) is 42.9 Å². The molecule has 13 heteroatoms. The van der Waals surface area contributed by atoms with E-state index in [2.05, 4.69) is 30.2 Å². The van der Waals surface area contributed by atoms with Crippen molar-refractivity contribution in [3.63, 3.8) is 0 Å². The zero-order valence-electron chi connectivity index (χ0n) is 31.6. The van der Waals surface area contributed by atoms with Gasteiger partial charge in [-0.05, 0) is 41.8 Å². The zero-order chi connectivity index (χ0) is 41.1. The molecule has 0 unspecified atom stereocenters. The highest BCUT2D eigenvalue weighted by Gasteiger charge is 2.12. The molecule has 3 aromatic heterocycles. The number of aromatic nitrogens is 3. The van der Waals surface area contributed by atoms with Crippen LogP contribution in [0.25, 0.3) is 59.2 Å². The van der Waals surface area contributed by atoms with Gasteiger partial charge in [0.05, 0.1) is 16.7 Å². The first-order valence-corrected chi connectivity index (χ1v) is 18.2. The summed E-state index contributed by atoms with van der Waals surface area (Å²) in [5, 5.41) is 61.6. The first kappa shape index (κ1) is 41.2. The molecule has 294 valence electrons. The normalized spacial score (nSPS) is 10.4. The van der Waals surface area contributed by atoms with Gasteiger partial charge in [0.1, 0.15) is 34.4 Å². The van der Waals surface area contributed by atoms with E-state index in [4.69, 9.17) is 16.2 Å². The summed E-state index contributed by atoms with van der Waals surface area (Å²) >= 11 is 0. The lowest BCUT2D eigenvalue weighted by Crippen LogP contribution is -3.00. The average molecular weight is 811 g/mol. The summed E-state index contributed by atoms with van der Waals surface area (Å²) in [6.07, 6.45) is 5.13. The number of fused-ring (bicyclic) bond motifs is 5. The van der Waals surface area contributed by atoms with Gasteiger partial charge in [-0.15, -0.1) is 10.2 Å². The standard InChI is InChI=1S/C19H13N3O2.C10H8O2.C9H6N3.C9H8N2.ClH/c23-16-11-17(24)19(14-8-2-1-7-13(14)16)22-21-15-9-3-5-12-6-4-10-20-18(12)15;11-8-5-7-3-1-2-4-9(7)10(12)6-8;10-12-8-5-1-3-7-4-2-6-11-9(7)8;10-8-5-1-3-7-4-2-6-11-9(7)8;/h1-11,23-24H;1-6,11-12H;1-6H;1-6H,10H2;1H/q;;+1;;/p-1. The minimum atomic E-state index is -0.122. The molecule has 0 saturated carbocycles. The molecule has 0 atom stereocenters. The van der Waals surface area contributed by atoms with Crippen LogP contribution in [0.3, 0.4) is 0 Å². The number of azo groups is 1. The Kier molecular flexibility index (Phi) is 13.2. The topological polar surface area (TPSA) is 198 Å². The van der Waals surface area contributed by atoms with Crippen LogP contribution in [0.1, 0.15) is 0 Å². The van der Waals surface area contributed by atoms with Crippen LogP contribution in [0.4, 0.5) is 22.7 Å². The lowest BCUT2D eigenvalue weighted by Gasteiger charge is -2.06. The van der Waals surface area contributed by atoms with Gasteiger partial charge in [0, 0.05) is 69.1 Å². The number of phenols is 4. The van der Waals surface area contributed by atoms with Crippen molar-refractivity contribution < 1.29 is 32.8 Å². The third-order valence-electron chi connectivity index (χ3n) is 9.05. The first-order valence-electron chi connectivity index (χ1n) is 18.2. The number of para-hydroxylation sites is 3. The molecule has 0 spiro atoms. The molecule has 0 fully saturated rings. The molecular weight excluding hydrogens is 776 g/mol. The van der Waals surface area contributed by atoms with Gasteiger partial charge >= 0.3 is 5.69 Å². The zero-order valence-corrected chi connectivity index (χ0v) is 32.4. The Morgan fingerprint density at radius 1 is 0.467 bits per heavy atom. The Labute approximate surface area is 349 Å². The molecule has 0 aliphatic carbocycles. The van der Waals surface area contributed by atoms with Gasteiger partial charge < -0.3 is 38.6 Å². The van der Waals surface area contributed by atoms with Crippen LogP contribution >= 0.6 is 0 Å². The molecule has 0 bridgehead atoms. The highest BCUT2D eigenvalue weighted by Crippen LogP contribution is 2.41. The maximum atomic E-state index is 10.2. The van der Waals surface area contributed by atoms with E-state index in [0.717, 1.165) is 49.2 Å². The van der Waals surface area contributed by atoms with Crippen molar-refractivity contribution in [3.05, 3.63) is 181 Å². The number of halogens is 1. The molecule has 0 aliphatic heterocycles. The number of nitrogens with two attached hydrogens (primary N) is 1. The number of aromatic hydroxyl groups is 4. The third kappa shape index (κ3) is 9.41. The number of rotatable bonds is 2. The summed E-state index contributed by atoms with van der Waals surface area (Å²) < 4.78 is 0. The quantitative estimate of drug-likeness (QED) is 0.0642. The first-order chi connectivity index (χ1) is 28.8. The Morgan fingerprint density at radius 3 is 1.67 bits per heavy atom. The second kappa shape index (κ2) is 19.2. The van der Waals surface area contributed by atoms with Crippen LogP contribution in [0.2, 0.25) is 0 Å². The number of hydrogen-bond acceptors (Lipinski definition) is 11. The number of phenolic OH excluding ortho intramolecular Hbond substituents is 4. The van der Waals surface area contributed by atoms with E-state index < -0.39 is 0 Å². The fraction of sp³-hybridized carbons (Fsp3) is 0. The van der Waals surface area contributed by atoms with E-state index in [1.165, 1.54) is 12.1 Å². The molecule has 60 heavy (non-hydrogen) atoms. The number of pyridine rings is 3. The smallest absolute Gasteiger partial charge is 0.410 e. The molecule has 3 heterocycles. The van der Waals surface area contributed by atoms with Crippen molar-refractivity contribution in [3.8, 4) is 23.0 Å². The summed E-state index contributed by atoms with van der Waals surface area (Å²) in [4.78, 5) is 15.7. The minimum Gasteiger partial charge on any atom is -1.00 e. The molecule has 12 nitrogen and oxygen atoms in total. The molecule has 7 aromatic carbocycles. The van der Waals surface area contributed by atoms with Gasteiger partial charge in [0.15, 0.2) is 10.5 Å². The molecule has 0 aliphatic rings. The van der Waals surface area contributed by atoms with Crippen molar-refractivity contribution in [2.75, 3.05) is 5.73 Å². The fourth-order valence-corrected chi connectivity index (χ4v) is 6.28. The Bertz CT molecular complexity index is 3160. The number of nitrogens with zero attached hydrogens (tertiary/aromatic N) is 7. The summed E-state index contributed by atoms with van der Waals surface area (Å²) in [6, 6.07) is 47.2. The highest BCUT2D eigenvalue weighted by molar-refractivity contribution is 5.99. The lowest BCUT2D eigenvalue weighted by atomic mass is 10.1. The molecule has 10 aromatic rings. The maximum Gasteiger partial charge on any atom is 0.410 e. The van der Waals surface area contributed by atoms with Crippen LogP contribution in [0.15, 0.2) is 187 Å². The second-order valence-electron chi connectivity index (χ2n) is 12.9. The summed E-state index contributed by atoms with van der Waals surface area (Å²) in [6.45, 7) is 0. The van der Waals surface area contributed by atoms with Crippen LogP contribution in [0, 0.1) is 5.39 Å². The molecule has 10 rings (SSSR count). The maximum absolute atomic E-state index is 10.2. The van der Waals surface area contributed by atoms with Crippen LogP contribution < -0.4 is 18.1 Å². The fourth-order valence-electron chi connectivity index (χ4n) is 6.28. The number of benzene rings is 7. The van der Waals surface area contributed by atoms with E-state index >= 15 is 0 Å². The Hall–Kier alpha value is -8.40. The van der Waals surface area contributed by atoms with Crippen molar-refractivity contribution in [2.24, 2.45) is 10.2 Å². The number of nitrogen functional groups attached to an aromatic ring is 1. The van der Waals surface area contributed by atoms with Crippen LogP contribution in [-0.4, -0.2) is 35.4 Å². The summed E-state index contributed by atoms with van der Waals surface area (Å²) in [5.74, 6) is 0.0915. The van der Waals surface area contributed by atoms with Gasteiger partial charge in [-0.25, -0.2) is 4.98 Å². The lowest BCUT2D eigenvalue weighted by molar-refractivity contribution is -0.0000160. The molecule has 0 amide bonds. The van der Waals surface area contributed by atoms with Gasteiger partial charge in [0.2, 0.25) is 5.39 Å². The molecule has 0 radical (unpaired) electrons. The molecular formula is C47H35ClN8O4. The Balaban J connectivity index is 0.000000143. The summed E-state index contributed by atoms with van der Waals surface area (Å²) in [7, 11) is 0. The third-order valence-corrected chi connectivity index (χ3v) is 9.05. The highest BCUT2D eigenvalue weighted by atomic mass is 35.5. The average Bonchev–Trinajstić information content (AvgIpc) is 3.27. The SMILES string of the molecule is N#[N+]c1cccc2cccnc12.Nc1cccc2cccnc12.Oc1cc(O)c2ccccc2c1.Oc1cc(O)c2ccccc2c1N=Nc1cccc2cccnc12.[Cl-]. The molecule has 0 saturated heterocycles. The van der Waals surface area contributed by atoms with Crippen molar-refractivity contribution in [2.45, 2.75) is 0 Å². The number of anilines is 1. The van der Waals surface area contributed by atoms with Gasteiger partial charge in [-0.2, -0.15) is 0 Å². The molecule has 6 N–H and O–H groups in total. The van der Waals surface area contributed by atoms with E-state index in [0.29, 0.717) is 27.8 Å². The van der Waals surface area contributed by atoms with Gasteiger partial charge in [-0.3, -0.25) is 9.97 Å². The van der Waals surface area contributed by atoms with Crippen molar-refractivity contribution >= 4 is 77.0 Å². The van der Waals surface area contributed by atoms with E-state index in [9.17, 15) is 15.3 Å². The van der Waals surface area contributed by atoms with E-state index in [-0.39, 0.29) is 35.4 Å². The van der Waals surface area contributed by atoms with Gasteiger partial charge in [-0.1, -0.05) is 103 Å².